The molecule has 0 saturated carbocycles. The van der Waals surface area contributed by atoms with Crippen molar-refractivity contribution in [3.05, 3.63) is 65.0 Å². The van der Waals surface area contributed by atoms with E-state index in [0.717, 1.165) is 25.9 Å². The number of hydrogen-bond donors (Lipinski definition) is 0. The smallest absolute Gasteiger partial charge is 0.293 e. The number of fused-ring (bicyclic) bond motifs is 1. The highest BCUT2D eigenvalue weighted by atomic mass is 16.1. The maximum atomic E-state index is 12.2. The number of piperidine rings is 1. The summed E-state index contributed by atoms with van der Waals surface area (Å²) in [5, 5.41) is 2.48. The predicted octanol–water partition coefficient (Wildman–Crippen LogP) is 2.71. The summed E-state index contributed by atoms with van der Waals surface area (Å²) in [5.74, 6) is 1.08. The molecule has 0 aliphatic carbocycles. The molecule has 5 nitrogen and oxygen atoms in total. The lowest BCUT2D eigenvalue weighted by atomic mass is 9.87. The van der Waals surface area contributed by atoms with Crippen LogP contribution in [0.2, 0.25) is 0 Å². The summed E-state index contributed by atoms with van der Waals surface area (Å²) < 4.78 is 1.59. The Morgan fingerprint density at radius 3 is 2.79 bits per heavy atom. The monoisotopic (exact) mass is 320 g/mol. The van der Waals surface area contributed by atoms with E-state index in [4.69, 9.17) is 0 Å². The van der Waals surface area contributed by atoms with Gasteiger partial charge in [-0.05, 0) is 35.8 Å². The first-order chi connectivity index (χ1) is 11.7. The van der Waals surface area contributed by atoms with E-state index in [1.54, 1.807) is 24.0 Å². The van der Waals surface area contributed by atoms with Crippen molar-refractivity contribution in [2.45, 2.75) is 18.8 Å². The van der Waals surface area contributed by atoms with Crippen LogP contribution in [-0.2, 0) is 7.05 Å². The number of aromatic nitrogens is 3. The third-order valence-corrected chi connectivity index (χ3v) is 4.95. The third kappa shape index (κ3) is 2.56. The summed E-state index contributed by atoms with van der Waals surface area (Å²) in [7, 11) is 1.77. The summed E-state index contributed by atoms with van der Waals surface area (Å²) in [5.41, 5.74) is 1.37. The summed E-state index contributed by atoms with van der Waals surface area (Å²) in [6, 6.07) is 8.55. The Morgan fingerprint density at radius 1 is 1.12 bits per heavy atom. The molecule has 4 rings (SSSR count). The van der Waals surface area contributed by atoms with Gasteiger partial charge in [-0.1, -0.05) is 18.2 Å². The molecule has 1 saturated heterocycles. The molecule has 3 aromatic rings. The summed E-state index contributed by atoms with van der Waals surface area (Å²) >= 11 is 0. The maximum absolute atomic E-state index is 12.2. The van der Waals surface area contributed by atoms with Crippen LogP contribution in [-0.4, -0.2) is 27.6 Å². The largest absolute Gasteiger partial charge is 0.352 e. The third-order valence-electron chi connectivity index (χ3n) is 4.95. The van der Waals surface area contributed by atoms with Gasteiger partial charge in [-0.3, -0.25) is 9.78 Å². The van der Waals surface area contributed by atoms with Crippen LogP contribution in [0.1, 0.15) is 24.3 Å². The van der Waals surface area contributed by atoms with Crippen LogP contribution in [0, 0.1) is 0 Å². The Kier molecular flexibility index (Phi) is 3.76. The SMILES string of the molecule is Cn1ccnc(N2CCC(c3cccc4cnccc34)CC2)c1=O. The molecule has 3 heterocycles. The Labute approximate surface area is 140 Å². The van der Waals surface area contributed by atoms with Crippen molar-refractivity contribution in [1.29, 1.82) is 0 Å². The van der Waals surface area contributed by atoms with Gasteiger partial charge < -0.3 is 9.47 Å². The molecule has 0 radical (unpaired) electrons. The molecule has 0 N–H and O–H groups in total. The van der Waals surface area contributed by atoms with Crippen LogP contribution in [0.5, 0.6) is 0 Å². The molecule has 1 aliphatic heterocycles. The average molecular weight is 320 g/mol. The van der Waals surface area contributed by atoms with Gasteiger partial charge in [0.1, 0.15) is 0 Å². The topological polar surface area (TPSA) is 51.0 Å². The van der Waals surface area contributed by atoms with Crippen molar-refractivity contribution in [2.75, 3.05) is 18.0 Å². The molecule has 1 fully saturated rings. The molecule has 122 valence electrons. The first kappa shape index (κ1) is 14.9. The fraction of sp³-hybridized carbons (Fsp3) is 0.316. The molecule has 1 aromatic carbocycles. The Morgan fingerprint density at radius 2 is 1.96 bits per heavy atom. The molecular weight excluding hydrogens is 300 g/mol. The first-order valence-corrected chi connectivity index (χ1v) is 8.33. The zero-order valence-corrected chi connectivity index (χ0v) is 13.7. The summed E-state index contributed by atoms with van der Waals surface area (Å²) in [6.07, 6.45) is 9.23. The fourth-order valence-electron chi connectivity index (χ4n) is 3.61. The Bertz CT molecular complexity index is 921. The van der Waals surface area contributed by atoms with Gasteiger partial charge in [0, 0.05) is 50.3 Å². The zero-order valence-electron chi connectivity index (χ0n) is 13.7. The van der Waals surface area contributed by atoms with E-state index in [0.29, 0.717) is 11.7 Å². The van der Waals surface area contributed by atoms with Crippen molar-refractivity contribution in [2.24, 2.45) is 7.05 Å². The van der Waals surface area contributed by atoms with Crippen LogP contribution >= 0.6 is 0 Å². The van der Waals surface area contributed by atoms with Crippen LogP contribution in [0.25, 0.3) is 10.8 Å². The lowest BCUT2D eigenvalue weighted by Crippen LogP contribution is -2.38. The van der Waals surface area contributed by atoms with Crippen molar-refractivity contribution < 1.29 is 0 Å². The minimum absolute atomic E-state index is 0.0211. The Balaban J connectivity index is 1.58. The number of benzene rings is 1. The number of aryl methyl sites for hydroxylation is 1. The van der Waals surface area contributed by atoms with Crippen molar-refractivity contribution in [3.63, 3.8) is 0 Å². The maximum Gasteiger partial charge on any atom is 0.293 e. The lowest BCUT2D eigenvalue weighted by Gasteiger charge is -2.33. The van der Waals surface area contributed by atoms with Gasteiger partial charge in [-0.2, -0.15) is 0 Å². The van der Waals surface area contributed by atoms with Crippen molar-refractivity contribution >= 4 is 16.6 Å². The highest BCUT2D eigenvalue weighted by Gasteiger charge is 2.24. The highest BCUT2D eigenvalue weighted by Crippen LogP contribution is 2.33. The van der Waals surface area contributed by atoms with Gasteiger partial charge in [0.2, 0.25) is 0 Å². The van der Waals surface area contributed by atoms with Gasteiger partial charge in [-0.15, -0.1) is 0 Å². The number of hydrogen-bond acceptors (Lipinski definition) is 4. The standard InChI is InChI=1S/C19H20N4O/c1-22-12-9-21-18(19(22)24)23-10-6-14(7-11-23)16-4-2-3-15-13-20-8-5-17(15)16/h2-5,8-9,12-14H,6-7,10-11H2,1H3. The second-order valence-electron chi connectivity index (χ2n) is 6.37. The molecule has 0 unspecified atom stereocenters. The second kappa shape index (κ2) is 6.07. The summed E-state index contributed by atoms with van der Waals surface area (Å²) in [4.78, 5) is 22.9. The van der Waals surface area contributed by atoms with Crippen molar-refractivity contribution in [1.82, 2.24) is 14.5 Å². The van der Waals surface area contributed by atoms with Gasteiger partial charge >= 0.3 is 0 Å². The molecule has 0 atom stereocenters. The molecule has 0 bridgehead atoms. The minimum atomic E-state index is -0.0211. The van der Waals surface area contributed by atoms with Gasteiger partial charge in [0.05, 0.1) is 0 Å². The van der Waals surface area contributed by atoms with Crippen LogP contribution in [0.15, 0.2) is 53.8 Å². The molecule has 5 heteroatoms. The highest BCUT2D eigenvalue weighted by molar-refractivity contribution is 5.85. The van der Waals surface area contributed by atoms with E-state index in [-0.39, 0.29) is 5.56 Å². The molecule has 2 aromatic heterocycles. The van der Waals surface area contributed by atoms with Gasteiger partial charge in [0.15, 0.2) is 5.82 Å². The number of rotatable bonds is 2. The quantitative estimate of drug-likeness (QED) is 0.728. The van der Waals surface area contributed by atoms with Crippen molar-refractivity contribution in [3.8, 4) is 0 Å². The van der Waals surface area contributed by atoms with Crippen LogP contribution in [0.3, 0.4) is 0 Å². The molecule has 24 heavy (non-hydrogen) atoms. The van der Waals surface area contributed by atoms with E-state index >= 15 is 0 Å². The lowest BCUT2D eigenvalue weighted by molar-refractivity contribution is 0.502. The van der Waals surface area contributed by atoms with E-state index in [1.165, 1.54) is 16.3 Å². The number of anilines is 1. The average Bonchev–Trinajstić information content (AvgIpc) is 2.64. The van der Waals surface area contributed by atoms with Crippen LogP contribution < -0.4 is 10.5 Å². The minimum Gasteiger partial charge on any atom is -0.352 e. The normalized spacial score (nSPS) is 15.8. The van der Waals surface area contributed by atoms with E-state index in [2.05, 4.69) is 39.1 Å². The predicted molar refractivity (Wildman–Crippen MR) is 95.4 cm³/mol. The Hall–Kier alpha value is -2.69. The fourth-order valence-corrected chi connectivity index (χ4v) is 3.61. The first-order valence-electron chi connectivity index (χ1n) is 8.33. The zero-order chi connectivity index (χ0) is 16.5. The molecule has 1 aliphatic rings. The van der Waals surface area contributed by atoms with Gasteiger partial charge in [-0.25, -0.2) is 4.98 Å². The van der Waals surface area contributed by atoms with E-state index in [9.17, 15) is 4.79 Å². The van der Waals surface area contributed by atoms with Crippen LogP contribution in [0.4, 0.5) is 5.82 Å². The molecule has 0 amide bonds. The molecular formula is C19H20N4O. The molecule has 0 spiro atoms. The van der Waals surface area contributed by atoms with E-state index in [1.807, 2.05) is 12.4 Å². The second-order valence-corrected chi connectivity index (χ2v) is 6.37. The van der Waals surface area contributed by atoms with E-state index < -0.39 is 0 Å². The van der Waals surface area contributed by atoms with Gasteiger partial charge in [0.25, 0.3) is 5.56 Å². The number of pyridine rings is 1. The number of nitrogens with zero attached hydrogens (tertiary/aromatic N) is 4. The summed E-state index contributed by atoms with van der Waals surface area (Å²) in [6.45, 7) is 1.72.